The van der Waals surface area contributed by atoms with E-state index in [9.17, 15) is 0 Å². The maximum atomic E-state index is 4.49. The zero-order valence-corrected chi connectivity index (χ0v) is 12.6. The molecule has 4 rings (SSSR count). The van der Waals surface area contributed by atoms with Gasteiger partial charge in [0, 0.05) is 30.9 Å². The molecule has 1 N–H and O–H groups in total. The Morgan fingerprint density at radius 3 is 2.71 bits per heavy atom. The lowest BCUT2D eigenvalue weighted by atomic mass is 9.99. The summed E-state index contributed by atoms with van der Waals surface area (Å²) in [6.07, 6.45) is 8.40. The monoisotopic (exact) mass is 302 g/mol. The Kier molecular flexibility index (Phi) is 3.60. The lowest BCUT2D eigenvalue weighted by molar-refractivity contribution is 0.428. The summed E-state index contributed by atoms with van der Waals surface area (Å²) < 4.78 is 2.33. The molecule has 0 radical (unpaired) electrons. The number of nitrogens with one attached hydrogen (secondary N) is 1. The molecule has 1 saturated heterocycles. The highest BCUT2D eigenvalue weighted by molar-refractivity contribution is 7.99. The Morgan fingerprint density at radius 2 is 2.00 bits per heavy atom. The number of nitrogens with zero attached hydrogens (tertiary/aromatic N) is 5. The molecule has 0 amide bonds. The molecule has 2 aromatic heterocycles. The van der Waals surface area contributed by atoms with Gasteiger partial charge in [0.25, 0.3) is 0 Å². The Labute approximate surface area is 127 Å². The normalized spacial score (nSPS) is 22.4. The van der Waals surface area contributed by atoms with Crippen LogP contribution < -0.4 is 5.32 Å². The topological polar surface area (TPSA) is 68.5 Å². The molecule has 0 spiro atoms. The molecule has 2 aromatic rings. The molecule has 1 aliphatic heterocycles. The highest BCUT2D eigenvalue weighted by Gasteiger charge is 2.33. The van der Waals surface area contributed by atoms with E-state index in [1.807, 2.05) is 6.07 Å². The number of piperidine rings is 1. The highest BCUT2D eigenvalue weighted by atomic mass is 32.2. The van der Waals surface area contributed by atoms with Crippen molar-refractivity contribution in [2.24, 2.45) is 0 Å². The summed E-state index contributed by atoms with van der Waals surface area (Å²) >= 11 is 1.51. The maximum Gasteiger partial charge on any atom is 0.199 e. The first-order chi connectivity index (χ1) is 10.4. The smallest absolute Gasteiger partial charge is 0.199 e. The molecule has 3 heterocycles. The van der Waals surface area contributed by atoms with Gasteiger partial charge in [0.05, 0.1) is 0 Å². The van der Waals surface area contributed by atoms with Crippen LogP contribution in [0.3, 0.4) is 0 Å². The molecule has 21 heavy (non-hydrogen) atoms. The molecular formula is C14H18N6S. The Morgan fingerprint density at radius 1 is 1.14 bits per heavy atom. The van der Waals surface area contributed by atoms with Crippen molar-refractivity contribution >= 4 is 11.8 Å². The van der Waals surface area contributed by atoms with Crippen LogP contribution in [-0.4, -0.2) is 37.8 Å². The summed E-state index contributed by atoms with van der Waals surface area (Å²) in [7, 11) is 0. The fraction of sp³-hybridized carbons (Fsp3) is 0.571. The first kappa shape index (κ1) is 13.2. The highest BCUT2D eigenvalue weighted by Crippen LogP contribution is 2.41. The standard InChI is InChI=1S/C14H18N6S/c1-3-10(9-15-6-1)12-18-19-14(20(12)11-4-5-11)21-13-16-7-2-8-17-13/h2,7-8,10-11,15H,1,3-6,9H2/t10-/m0/s1. The minimum absolute atomic E-state index is 0.484. The number of hydrogen-bond acceptors (Lipinski definition) is 6. The van der Waals surface area contributed by atoms with Crippen molar-refractivity contribution in [3.8, 4) is 0 Å². The fourth-order valence-corrected chi connectivity index (χ4v) is 3.62. The summed E-state index contributed by atoms with van der Waals surface area (Å²) in [6.45, 7) is 2.13. The van der Waals surface area contributed by atoms with E-state index in [0.29, 0.717) is 12.0 Å². The summed E-state index contributed by atoms with van der Waals surface area (Å²) in [5, 5.41) is 14.0. The van der Waals surface area contributed by atoms with E-state index in [1.165, 1.54) is 37.4 Å². The third kappa shape index (κ3) is 2.80. The molecule has 7 heteroatoms. The predicted molar refractivity (Wildman–Crippen MR) is 79.3 cm³/mol. The van der Waals surface area contributed by atoms with Gasteiger partial charge in [-0.3, -0.25) is 0 Å². The van der Waals surface area contributed by atoms with E-state index < -0.39 is 0 Å². The van der Waals surface area contributed by atoms with Crippen LogP contribution in [0, 0.1) is 0 Å². The molecule has 1 aliphatic carbocycles. The average molecular weight is 302 g/mol. The van der Waals surface area contributed by atoms with Crippen LogP contribution in [0.25, 0.3) is 0 Å². The van der Waals surface area contributed by atoms with Crippen molar-refractivity contribution in [3.63, 3.8) is 0 Å². The molecule has 6 nitrogen and oxygen atoms in total. The Balaban J connectivity index is 1.63. The van der Waals surface area contributed by atoms with E-state index >= 15 is 0 Å². The van der Waals surface area contributed by atoms with Gasteiger partial charge in [-0.2, -0.15) is 0 Å². The second-order valence-corrected chi connectivity index (χ2v) is 6.55. The van der Waals surface area contributed by atoms with E-state index in [2.05, 4.69) is 30.0 Å². The van der Waals surface area contributed by atoms with Crippen LogP contribution in [0.1, 0.15) is 43.5 Å². The molecule has 2 aliphatic rings. The lowest BCUT2D eigenvalue weighted by Gasteiger charge is -2.22. The molecule has 1 saturated carbocycles. The largest absolute Gasteiger partial charge is 0.316 e. The van der Waals surface area contributed by atoms with Crippen LogP contribution in [0.15, 0.2) is 28.8 Å². The summed E-state index contributed by atoms with van der Waals surface area (Å²) in [5.74, 6) is 1.63. The maximum absolute atomic E-state index is 4.49. The SMILES string of the molecule is c1cnc(Sc2nnc([C@H]3CCCNC3)n2C2CC2)nc1. The first-order valence-electron chi connectivity index (χ1n) is 7.52. The van der Waals surface area contributed by atoms with Crippen molar-refractivity contribution in [2.75, 3.05) is 13.1 Å². The molecular weight excluding hydrogens is 284 g/mol. The van der Waals surface area contributed by atoms with E-state index in [4.69, 9.17) is 0 Å². The van der Waals surface area contributed by atoms with Crippen LogP contribution >= 0.6 is 11.8 Å². The third-order valence-corrected chi connectivity index (χ3v) is 4.84. The van der Waals surface area contributed by atoms with Gasteiger partial charge in [0.15, 0.2) is 10.3 Å². The van der Waals surface area contributed by atoms with Crippen molar-refractivity contribution in [2.45, 2.75) is 48.0 Å². The van der Waals surface area contributed by atoms with Gasteiger partial charge in [-0.15, -0.1) is 10.2 Å². The lowest BCUT2D eigenvalue weighted by Crippen LogP contribution is -2.30. The summed E-state index contributed by atoms with van der Waals surface area (Å²) in [5.41, 5.74) is 0. The zero-order chi connectivity index (χ0) is 14.1. The van der Waals surface area contributed by atoms with Gasteiger partial charge in [-0.05, 0) is 50.1 Å². The predicted octanol–water partition coefficient (Wildman–Crippen LogP) is 2.02. The van der Waals surface area contributed by atoms with E-state index in [0.717, 1.165) is 29.2 Å². The number of rotatable bonds is 4. The van der Waals surface area contributed by atoms with Gasteiger partial charge in [-0.1, -0.05) is 0 Å². The first-order valence-corrected chi connectivity index (χ1v) is 8.34. The number of aromatic nitrogens is 5. The summed E-state index contributed by atoms with van der Waals surface area (Å²) in [6, 6.07) is 2.40. The molecule has 110 valence electrons. The van der Waals surface area contributed by atoms with Crippen LogP contribution in [-0.2, 0) is 0 Å². The van der Waals surface area contributed by atoms with E-state index in [-0.39, 0.29) is 0 Å². The molecule has 2 fully saturated rings. The fourth-order valence-electron chi connectivity index (χ4n) is 2.80. The van der Waals surface area contributed by atoms with Crippen molar-refractivity contribution in [1.29, 1.82) is 0 Å². The molecule has 0 aromatic carbocycles. The van der Waals surface area contributed by atoms with Crippen LogP contribution in [0.4, 0.5) is 0 Å². The Bertz CT molecular complexity index is 603. The van der Waals surface area contributed by atoms with Gasteiger partial charge < -0.3 is 9.88 Å². The van der Waals surface area contributed by atoms with E-state index in [1.54, 1.807) is 12.4 Å². The van der Waals surface area contributed by atoms with Gasteiger partial charge in [0.2, 0.25) is 0 Å². The quantitative estimate of drug-likeness (QED) is 0.872. The van der Waals surface area contributed by atoms with Gasteiger partial charge >= 0.3 is 0 Å². The molecule has 1 atom stereocenters. The second kappa shape index (κ2) is 5.73. The van der Waals surface area contributed by atoms with Crippen molar-refractivity contribution in [3.05, 3.63) is 24.3 Å². The van der Waals surface area contributed by atoms with Gasteiger partial charge in [-0.25, -0.2) is 9.97 Å². The molecule has 0 bridgehead atoms. The van der Waals surface area contributed by atoms with Crippen molar-refractivity contribution in [1.82, 2.24) is 30.0 Å². The average Bonchev–Trinajstić information content (AvgIpc) is 3.30. The second-order valence-electron chi connectivity index (χ2n) is 5.62. The van der Waals surface area contributed by atoms with Crippen LogP contribution in [0.5, 0.6) is 0 Å². The third-order valence-electron chi connectivity index (χ3n) is 3.99. The van der Waals surface area contributed by atoms with Crippen molar-refractivity contribution < 1.29 is 0 Å². The zero-order valence-electron chi connectivity index (χ0n) is 11.8. The minimum Gasteiger partial charge on any atom is -0.316 e. The van der Waals surface area contributed by atoms with Crippen LogP contribution in [0.2, 0.25) is 0 Å². The Hall–Kier alpha value is -1.47. The van der Waals surface area contributed by atoms with Gasteiger partial charge in [0.1, 0.15) is 5.82 Å². The number of hydrogen-bond donors (Lipinski definition) is 1. The minimum atomic E-state index is 0.484. The summed E-state index contributed by atoms with van der Waals surface area (Å²) in [4.78, 5) is 8.55. The molecule has 0 unspecified atom stereocenters.